The minimum absolute atomic E-state index is 0.0955. The summed E-state index contributed by atoms with van der Waals surface area (Å²) in [6.45, 7) is 4.76. The lowest BCUT2D eigenvalue weighted by atomic mass is 10.2. The van der Waals surface area contributed by atoms with Gasteiger partial charge in [0.1, 0.15) is 0 Å². The van der Waals surface area contributed by atoms with Gasteiger partial charge < -0.3 is 15.4 Å². The van der Waals surface area contributed by atoms with Crippen LogP contribution in [0.5, 0.6) is 0 Å². The fourth-order valence-electron chi connectivity index (χ4n) is 2.15. The Labute approximate surface area is 145 Å². The van der Waals surface area contributed by atoms with Crippen LogP contribution in [0.15, 0.2) is 35.3 Å². The van der Waals surface area contributed by atoms with E-state index in [-0.39, 0.29) is 11.5 Å². The molecule has 136 valence electrons. The third-order valence-electron chi connectivity index (χ3n) is 3.34. The van der Waals surface area contributed by atoms with Crippen LogP contribution >= 0.6 is 0 Å². The molecule has 0 aliphatic carbocycles. The summed E-state index contributed by atoms with van der Waals surface area (Å²) in [7, 11) is -1.38. The van der Waals surface area contributed by atoms with Gasteiger partial charge in [-0.2, -0.15) is 0 Å². The van der Waals surface area contributed by atoms with Crippen LogP contribution < -0.4 is 10.6 Å². The first-order valence-corrected chi connectivity index (χ1v) is 10.2. The van der Waals surface area contributed by atoms with E-state index in [9.17, 15) is 8.42 Å². The largest absolute Gasteiger partial charge is 0.382 e. The average molecular weight is 356 g/mol. The molecule has 0 heterocycles. The molecule has 0 fully saturated rings. The Morgan fingerprint density at radius 3 is 2.42 bits per heavy atom. The van der Waals surface area contributed by atoms with E-state index in [1.807, 2.05) is 37.3 Å². The van der Waals surface area contributed by atoms with Crippen molar-refractivity contribution < 1.29 is 13.2 Å². The predicted octanol–water partition coefficient (Wildman–Crippen LogP) is 1.58. The lowest BCUT2D eigenvalue weighted by Crippen LogP contribution is -2.38. The molecule has 7 heteroatoms. The Hall–Kier alpha value is -1.60. The quantitative estimate of drug-likeness (QED) is 0.358. The van der Waals surface area contributed by atoms with Gasteiger partial charge in [0.2, 0.25) is 0 Å². The van der Waals surface area contributed by atoms with Crippen molar-refractivity contribution in [1.82, 2.24) is 10.6 Å². The molecule has 2 N–H and O–H groups in total. The molecule has 0 bridgehead atoms. The molecule has 0 aromatic heterocycles. The molecule has 0 radical (unpaired) electrons. The number of rotatable bonds is 11. The number of aliphatic imine (C=N–C) groups is 1. The second-order valence-electron chi connectivity index (χ2n) is 5.41. The maximum atomic E-state index is 12.1. The van der Waals surface area contributed by atoms with Crippen LogP contribution in [-0.2, 0) is 20.3 Å². The zero-order valence-corrected chi connectivity index (χ0v) is 15.4. The van der Waals surface area contributed by atoms with Gasteiger partial charge in [0.25, 0.3) is 0 Å². The molecule has 1 rings (SSSR count). The van der Waals surface area contributed by atoms with Crippen molar-refractivity contribution in [1.29, 1.82) is 0 Å². The minimum Gasteiger partial charge on any atom is -0.382 e. The SMILES string of the molecule is CCOCCCNC(=NC)NCCCS(=O)(=O)Cc1ccccc1. The van der Waals surface area contributed by atoms with Crippen LogP contribution in [0, 0.1) is 0 Å². The van der Waals surface area contributed by atoms with Gasteiger partial charge in [-0.15, -0.1) is 0 Å². The summed E-state index contributed by atoms with van der Waals surface area (Å²) >= 11 is 0. The highest BCUT2D eigenvalue weighted by molar-refractivity contribution is 7.90. The lowest BCUT2D eigenvalue weighted by Gasteiger charge is -2.12. The van der Waals surface area contributed by atoms with Crippen molar-refractivity contribution in [3.8, 4) is 0 Å². The van der Waals surface area contributed by atoms with E-state index in [2.05, 4.69) is 15.6 Å². The molecule has 1 aromatic rings. The van der Waals surface area contributed by atoms with Crippen LogP contribution in [0.25, 0.3) is 0 Å². The molecule has 6 nitrogen and oxygen atoms in total. The van der Waals surface area contributed by atoms with Crippen molar-refractivity contribution >= 4 is 15.8 Å². The number of guanidine groups is 1. The van der Waals surface area contributed by atoms with E-state index in [1.165, 1.54) is 0 Å². The summed E-state index contributed by atoms with van der Waals surface area (Å²) in [5.74, 6) is 0.945. The third-order valence-corrected chi connectivity index (χ3v) is 5.02. The highest BCUT2D eigenvalue weighted by Crippen LogP contribution is 2.06. The van der Waals surface area contributed by atoms with Crippen molar-refractivity contribution in [2.24, 2.45) is 4.99 Å². The summed E-state index contributed by atoms with van der Waals surface area (Å²) in [6, 6.07) is 9.27. The number of hydrogen-bond donors (Lipinski definition) is 2. The van der Waals surface area contributed by atoms with E-state index in [1.54, 1.807) is 7.05 Å². The van der Waals surface area contributed by atoms with Gasteiger partial charge in [0.05, 0.1) is 11.5 Å². The molecule has 0 aliphatic rings. The van der Waals surface area contributed by atoms with Gasteiger partial charge in [-0.1, -0.05) is 30.3 Å². The monoisotopic (exact) mass is 355 g/mol. The Morgan fingerprint density at radius 1 is 1.12 bits per heavy atom. The standard InChI is InChI=1S/C17H29N3O3S/c1-3-23-13-7-11-19-17(18-2)20-12-8-14-24(21,22)15-16-9-5-4-6-10-16/h4-6,9-10H,3,7-8,11-15H2,1-2H3,(H2,18,19,20). The smallest absolute Gasteiger partial charge is 0.190 e. The summed E-state index contributed by atoms with van der Waals surface area (Å²) in [4.78, 5) is 4.11. The van der Waals surface area contributed by atoms with Crippen LogP contribution in [-0.4, -0.2) is 53.5 Å². The van der Waals surface area contributed by atoms with Gasteiger partial charge in [-0.3, -0.25) is 4.99 Å². The van der Waals surface area contributed by atoms with Gasteiger partial charge in [0, 0.05) is 33.4 Å². The van der Waals surface area contributed by atoms with Gasteiger partial charge in [-0.05, 0) is 25.3 Å². The van der Waals surface area contributed by atoms with E-state index >= 15 is 0 Å². The van der Waals surface area contributed by atoms with Crippen molar-refractivity contribution in [3.63, 3.8) is 0 Å². The summed E-state index contributed by atoms with van der Waals surface area (Å²) < 4.78 is 29.5. The molecule has 0 atom stereocenters. The Balaban J connectivity index is 2.21. The predicted molar refractivity (Wildman–Crippen MR) is 99.0 cm³/mol. The van der Waals surface area contributed by atoms with E-state index in [0.29, 0.717) is 18.9 Å². The molecule has 0 unspecified atom stereocenters. The third kappa shape index (κ3) is 9.52. The number of nitrogens with zero attached hydrogens (tertiary/aromatic N) is 1. The van der Waals surface area contributed by atoms with Crippen molar-refractivity contribution in [3.05, 3.63) is 35.9 Å². The molecule has 24 heavy (non-hydrogen) atoms. The van der Waals surface area contributed by atoms with E-state index < -0.39 is 9.84 Å². The Kier molecular flexibility index (Phi) is 10.1. The Bertz CT molecular complexity index is 574. The molecule has 0 spiro atoms. The fourth-order valence-corrected chi connectivity index (χ4v) is 3.57. The second-order valence-corrected chi connectivity index (χ2v) is 7.59. The molecular weight excluding hydrogens is 326 g/mol. The topological polar surface area (TPSA) is 79.8 Å². The molecule has 1 aromatic carbocycles. The van der Waals surface area contributed by atoms with Crippen LogP contribution in [0.2, 0.25) is 0 Å². The van der Waals surface area contributed by atoms with Gasteiger partial charge in [0.15, 0.2) is 15.8 Å². The van der Waals surface area contributed by atoms with E-state index in [0.717, 1.165) is 31.7 Å². The molecule has 0 saturated carbocycles. The molecule has 0 saturated heterocycles. The second kappa shape index (κ2) is 11.9. The average Bonchev–Trinajstić information content (AvgIpc) is 2.57. The minimum atomic E-state index is -3.08. The van der Waals surface area contributed by atoms with Crippen LogP contribution in [0.3, 0.4) is 0 Å². The zero-order chi connectivity index (χ0) is 17.7. The number of ether oxygens (including phenoxy) is 1. The number of sulfone groups is 1. The fraction of sp³-hybridized carbons (Fsp3) is 0.588. The summed E-state index contributed by atoms with van der Waals surface area (Å²) in [5, 5.41) is 6.31. The summed E-state index contributed by atoms with van der Waals surface area (Å²) in [5.41, 5.74) is 0.831. The van der Waals surface area contributed by atoms with Gasteiger partial charge >= 0.3 is 0 Å². The number of nitrogens with one attached hydrogen (secondary N) is 2. The van der Waals surface area contributed by atoms with E-state index in [4.69, 9.17) is 4.74 Å². The zero-order valence-electron chi connectivity index (χ0n) is 14.6. The first kappa shape index (κ1) is 20.4. The van der Waals surface area contributed by atoms with Crippen LogP contribution in [0.1, 0.15) is 25.3 Å². The lowest BCUT2D eigenvalue weighted by molar-refractivity contribution is 0.145. The first-order chi connectivity index (χ1) is 11.6. The molecule has 0 aliphatic heterocycles. The molecule has 0 amide bonds. The maximum absolute atomic E-state index is 12.1. The maximum Gasteiger partial charge on any atom is 0.190 e. The normalized spacial score (nSPS) is 12.2. The highest BCUT2D eigenvalue weighted by atomic mass is 32.2. The Morgan fingerprint density at radius 2 is 1.79 bits per heavy atom. The number of hydrogen-bond acceptors (Lipinski definition) is 4. The number of benzene rings is 1. The summed E-state index contributed by atoms with van der Waals surface area (Å²) in [6.07, 6.45) is 1.45. The van der Waals surface area contributed by atoms with Crippen LogP contribution in [0.4, 0.5) is 0 Å². The van der Waals surface area contributed by atoms with Crippen molar-refractivity contribution in [2.45, 2.75) is 25.5 Å². The first-order valence-electron chi connectivity index (χ1n) is 8.34. The molecular formula is C17H29N3O3S. The van der Waals surface area contributed by atoms with Gasteiger partial charge in [-0.25, -0.2) is 8.42 Å². The highest BCUT2D eigenvalue weighted by Gasteiger charge is 2.11. The van der Waals surface area contributed by atoms with Crippen molar-refractivity contribution in [2.75, 3.05) is 39.1 Å².